The maximum absolute atomic E-state index is 13.4. The van der Waals surface area contributed by atoms with Gasteiger partial charge in [0.05, 0.1) is 5.25 Å². The van der Waals surface area contributed by atoms with E-state index in [1.165, 1.54) is 11.8 Å². The van der Waals surface area contributed by atoms with Crippen LogP contribution >= 0.6 is 11.8 Å². The molecule has 0 saturated heterocycles. The fourth-order valence-electron chi connectivity index (χ4n) is 4.42. The van der Waals surface area contributed by atoms with Crippen LogP contribution in [0.25, 0.3) is 6.08 Å². The lowest BCUT2D eigenvalue weighted by molar-refractivity contribution is -0.115. The van der Waals surface area contributed by atoms with Gasteiger partial charge in [0.1, 0.15) is 18.9 Å². The molecule has 1 unspecified atom stereocenters. The number of thioether (sulfide) groups is 1. The van der Waals surface area contributed by atoms with Crippen LogP contribution in [0.1, 0.15) is 22.8 Å². The largest absolute Gasteiger partial charge is 0.486 e. The van der Waals surface area contributed by atoms with Crippen LogP contribution in [0.15, 0.2) is 108 Å². The van der Waals surface area contributed by atoms with Gasteiger partial charge in [-0.3, -0.25) is 14.4 Å². The van der Waals surface area contributed by atoms with E-state index in [0.29, 0.717) is 41.7 Å². The van der Waals surface area contributed by atoms with E-state index < -0.39 is 11.8 Å². The quantitative estimate of drug-likeness (QED) is 0.146. The summed E-state index contributed by atoms with van der Waals surface area (Å²) in [6.45, 7) is 2.80. The summed E-state index contributed by atoms with van der Waals surface area (Å²) in [4.78, 5) is 42.0. The molecule has 230 valence electrons. The Labute approximate surface area is 266 Å². The number of anilines is 3. The highest BCUT2D eigenvalue weighted by Crippen LogP contribution is 2.33. The minimum atomic E-state index is -0.469. The normalized spacial score (nSPS) is 12.9. The highest BCUT2D eigenvalue weighted by atomic mass is 32.2. The van der Waals surface area contributed by atoms with Gasteiger partial charge >= 0.3 is 0 Å². The van der Waals surface area contributed by atoms with Gasteiger partial charge in [0, 0.05) is 47.7 Å². The van der Waals surface area contributed by atoms with Crippen LogP contribution in [0.4, 0.5) is 17.1 Å². The van der Waals surface area contributed by atoms with Crippen molar-refractivity contribution in [3.8, 4) is 11.5 Å². The van der Waals surface area contributed by atoms with E-state index in [-0.39, 0.29) is 16.9 Å². The van der Waals surface area contributed by atoms with Crippen molar-refractivity contribution in [3.63, 3.8) is 0 Å². The minimum Gasteiger partial charge on any atom is -0.486 e. The molecule has 45 heavy (non-hydrogen) atoms. The van der Waals surface area contributed by atoms with Crippen LogP contribution in [-0.4, -0.2) is 50.3 Å². The van der Waals surface area contributed by atoms with Gasteiger partial charge < -0.3 is 30.3 Å². The van der Waals surface area contributed by atoms with Crippen molar-refractivity contribution < 1.29 is 23.9 Å². The van der Waals surface area contributed by atoms with Crippen LogP contribution in [-0.2, 0) is 9.59 Å². The van der Waals surface area contributed by atoms with E-state index >= 15 is 0 Å². The summed E-state index contributed by atoms with van der Waals surface area (Å²) in [6.07, 6.45) is 1.64. The predicted octanol–water partition coefficient (Wildman–Crippen LogP) is 6.05. The molecule has 9 nitrogen and oxygen atoms in total. The Hall–Kier alpha value is -5.22. The summed E-state index contributed by atoms with van der Waals surface area (Å²) >= 11 is 1.39. The highest BCUT2D eigenvalue weighted by molar-refractivity contribution is 8.00. The Morgan fingerprint density at radius 2 is 1.47 bits per heavy atom. The van der Waals surface area contributed by atoms with Gasteiger partial charge in [-0.1, -0.05) is 30.3 Å². The van der Waals surface area contributed by atoms with Gasteiger partial charge in [0.25, 0.3) is 11.8 Å². The number of amides is 3. The molecule has 3 N–H and O–H groups in total. The summed E-state index contributed by atoms with van der Waals surface area (Å²) in [5, 5.41) is 8.16. The second-order valence-electron chi connectivity index (χ2n) is 10.5. The van der Waals surface area contributed by atoms with Crippen LogP contribution in [0.3, 0.4) is 0 Å². The fraction of sp³-hybridized carbons (Fsp3) is 0.171. The lowest BCUT2D eigenvalue weighted by Gasteiger charge is -2.19. The average molecular weight is 623 g/mol. The van der Waals surface area contributed by atoms with Crippen molar-refractivity contribution in [2.45, 2.75) is 17.1 Å². The van der Waals surface area contributed by atoms with Gasteiger partial charge in [-0.2, -0.15) is 0 Å². The van der Waals surface area contributed by atoms with E-state index in [2.05, 4.69) is 16.0 Å². The number of nitrogens with one attached hydrogen (secondary N) is 3. The molecule has 4 aromatic carbocycles. The number of ether oxygens (including phenoxy) is 2. The van der Waals surface area contributed by atoms with Crippen molar-refractivity contribution in [1.82, 2.24) is 5.32 Å². The monoisotopic (exact) mass is 622 g/mol. The molecule has 1 heterocycles. The molecule has 5 rings (SSSR count). The third kappa shape index (κ3) is 8.45. The van der Waals surface area contributed by atoms with Crippen molar-refractivity contribution in [3.05, 3.63) is 114 Å². The van der Waals surface area contributed by atoms with E-state index in [0.717, 1.165) is 16.1 Å². The number of carbonyl (C=O) groups is 3. The Bertz CT molecular complexity index is 1690. The van der Waals surface area contributed by atoms with Gasteiger partial charge in [0.15, 0.2) is 11.5 Å². The fourth-order valence-corrected chi connectivity index (χ4v) is 5.28. The van der Waals surface area contributed by atoms with E-state index in [1.807, 2.05) is 68.4 Å². The predicted molar refractivity (Wildman–Crippen MR) is 179 cm³/mol. The first-order valence-electron chi connectivity index (χ1n) is 14.4. The van der Waals surface area contributed by atoms with Crippen molar-refractivity contribution in [1.29, 1.82) is 0 Å². The lowest BCUT2D eigenvalue weighted by atomic mass is 10.1. The van der Waals surface area contributed by atoms with E-state index in [9.17, 15) is 14.4 Å². The Balaban J connectivity index is 1.23. The number of hydrogen-bond acceptors (Lipinski definition) is 7. The van der Waals surface area contributed by atoms with Gasteiger partial charge in [-0.15, -0.1) is 11.8 Å². The zero-order valence-corrected chi connectivity index (χ0v) is 26.0. The second-order valence-corrected chi connectivity index (χ2v) is 11.9. The number of rotatable bonds is 10. The highest BCUT2D eigenvalue weighted by Gasteiger charge is 2.18. The molecule has 1 aliphatic heterocycles. The van der Waals surface area contributed by atoms with Crippen LogP contribution in [0.2, 0.25) is 0 Å². The van der Waals surface area contributed by atoms with E-state index in [4.69, 9.17) is 9.47 Å². The summed E-state index contributed by atoms with van der Waals surface area (Å²) in [7, 11) is 3.90. The molecular weight excluding hydrogens is 588 g/mol. The molecule has 1 atom stereocenters. The van der Waals surface area contributed by atoms with Crippen LogP contribution < -0.4 is 30.3 Å². The first-order valence-corrected chi connectivity index (χ1v) is 15.3. The Kier molecular flexibility index (Phi) is 10.1. The topological polar surface area (TPSA) is 109 Å². The van der Waals surface area contributed by atoms with Crippen molar-refractivity contribution >= 4 is 52.6 Å². The van der Waals surface area contributed by atoms with Gasteiger partial charge in [0.2, 0.25) is 5.91 Å². The lowest BCUT2D eigenvalue weighted by Crippen LogP contribution is -2.30. The number of benzene rings is 4. The van der Waals surface area contributed by atoms with E-state index in [1.54, 1.807) is 60.7 Å². The number of carbonyl (C=O) groups excluding carboxylic acids is 3. The first-order chi connectivity index (χ1) is 21.7. The second kappa shape index (κ2) is 14.5. The average Bonchev–Trinajstić information content (AvgIpc) is 3.05. The molecule has 1 aliphatic rings. The minimum absolute atomic E-state index is 0.101. The zero-order chi connectivity index (χ0) is 31.8. The summed E-state index contributed by atoms with van der Waals surface area (Å²) in [5.74, 6) is 0.253. The van der Waals surface area contributed by atoms with Gasteiger partial charge in [-0.05, 0) is 79.2 Å². The zero-order valence-electron chi connectivity index (χ0n) is 25.2. The molecule has 0 saturated carbocycles. The van der Waals surface area contributed by atoms with Crippen LogP contribution in [0, 0.1) is 0 Å². The third-order valence-electron chi connectivity index (χ3n) is 6.85. The third-order valence-corrected chi connectivity index (χ3v) is 7.97. The summed E-state index contributed by atoms with van der Waals surface area (Å²) in [5.41, 5.74) is 3.48. The Morgan fingerprint density at radius 3 is 2.16 bits per heavy atom. The summed E-state index contributed by atoms with van der Waals surface area (Å²) < 4.78 is 11.1. The molecule has 0 fully saturated rings. The Morgan fingerprint density at radius 1 is 0.800 bits per heavy atom. The van der Waals surface area contributed by atoms with Gasteiger partial charge in [-0.25, -0.2) is 0 Å². The van der Waals surface area contributed by atoms with Crippen LogP contribution in [0.5, 0.6) is 11.5 Å². The molecule has 0 spiro atoms. The maximum Gasteiger partial charge on any atom is 0.272 e. The van der Waals surface area contributed by atoms with Crippen molar-refractivity contribution in [2.75, 3.05) is 42.8 Å². The molecular formula is C35H34N4O5S. The number of fused-ring (bicyclic) bond motifs is 1. The molecule has 0 aliphatic carbocycles. The molecule has 0 bridgehead atoms. The smallest absolute Gasteiger partial charge is 0.272 e. The molecule has 4 aromatic rings. The molecule has 3 amide bonds. The number of nitrogens with zero attached hydrogens (tertiary/aromatic N) is 1. The SMILES string of the molecule is CC(Sc1ccc(NC(=O)/C(=C/c2ccc(N(C)C)cc2)NC(=O)c2ccccc2)cc1)C(=O)Nc1ccc2c(c1)OCCO2. The summed E-state index contributed by atoms with van der Waals surface area (Å²) in [6, 6.07) is 28.9. The first kappa shape index (κ1) is 31.2. The number of hydrogen-bond donors (Lipinski definition) is 3. The molecule has 0 radical (unpaired) electrons. The standard InChI is InChI=1S/C35H34N4O5S/c1-23(33(40)37-27-13-18-31-32(22-27)44-20-19-43-31)45-29-16-11-26(12-17-29)36-35(42)30(38-34(41)25-7-5-4-6-8-25)21-24-9-14-28(15-10-24)39(2)3/h4-18,21-23H,19-20H2,1-3H3,(H,36,42)(H,37,40)(H,38,41)/b30-21-. The molecule has 0 aromatic heterocycles. The van der Waals surface area contributed by atoms with Crippen molar-refractivity contribution in [2.24, 2.45) is 0 Å². The molecule has 10 heteroatoms. The maximum atomic E-state index is 13.4.